The van der Waals surface area contributed by atoms with E-state index in [4.69, 9.17) is 4.55 Å². The highest BCUT2D eigenvalue weighted by Gasteiger charge is 2.19. The van der Waals surface area contributed by atoms with E-state index in [1.165, 1.54) is 19.3 Å². The Kier molecular flexibility index (Phi) is 7.97. The Hall–Kier alpha value is -0.130. The summed E-state index contributed by atoms with van der Waals surface area (Å²) < 4.78 is 34.5. The molecule has 0 heterocycles. The molecule has 0 bridgehead atoms. The van der Waals surface area contributed by atoms with Gasteiger partial charge in [0.1, 0.15) is 0 Å². The quantitative estimate of drug-likeness (QED) is 0.505. The lowest BCUT2D eigenvalue weighted by molar-refractivity contribution is 0.127. The summed E-state index contributed by atoms with van der Waals surface area (Å²) in [5.74, 6) is 0.0908. The molecule has 0 fully saturated rings. The van der Waals surface area contributed by atoms with Crippen LogP contribution in [-0.2, 0) is 14.6 Å². The molecule has 0 saturated carbocycles. The van der Waals surface area contributed by atoms with Crippen molar-refractivity contribution in [1.82, 2.24) is 0 Å². The number of hydrogen-bond donors (Lipinski definition) is 1. The van der Waals surface area contributed by atoms with Gasteiger partial charge in [-0.3, -0.25) is 4.55 Å². The minimum atomic E-state index is -4.32. The van der Waals surface area contributed by atoms with Gasteiger partial charge in [0.2, 0.25) is 0 Å². The molecule has 1 N–H and O–H groups in total. The third kappa shape index (κ3) is 9.12. The fourth-order valence-corrected chi connectivity index (χ4v) is 2.23. The molecule has 0 aromatic heterocycles. The van der Waals surface area contributed by atoms with E-state index in [-0.39, 0.29) is 5.92 Å². The lowest BCUT2D eigenvalue weighted by Gasteiger charge is -2.18. The van der Waals surface area contributed by atoms with Gasteiger partial charge < -0.3 is 0 Å². The summed E-state index contributed by atoms with van der Waals surface area (Å²) in [5.41, 5.74) is 0. The van der Waals surface area contributed by atoms with Crippen molar-refractivity contribution < 1.29 is 17.2 Å². The van der Waals surface area contributed by atoms with Crippen LogP contribution in [0.2, 0.25) is 0 Å². The van der Waals surface area contributed by atoms with Gasteiger partial charge >= 0.3 is 10.4 Å². The van der Waals surface area contributed by atoms with E-state index in [2.05, 4.69) is 11.1 Å². The Labute approximate surface area is 99.3 Å². The summed E-state index contributed by atoms with van der Waals surface area (Å²) in [5, 5.41) is 0. The predicted molar refractivity (Wildman–Crippen MR) is 64.6 cm³/mol. The summed E-state index contributed by atoms with van der Waals surface area (Å²) in [7, 11) is -4.32. The van der Waals surface area contributed by atoms with Gasteiger partial charge in [0.05, 0.1) is 6.10 Å². The van der Waals surface area contributed by atoms with Gasteiger partial charge in [-0.2, -0.15) is 8.42 Å². The molecule has 0 aromatic rings. The van der Waals surface area contributed by atoms with Crippen molar-refractivity contribution in [3.63, 3.8) is 0 Å². The SMILES string of the molecule is CCCCCCCC(OS(=O)(=O)O)C(C)C. The normalized spacial score (nSPS) is 14.3. The molecule has 0 rings (SSSR count). The molecule has 0 aliphatic heterocycles. The minimum Gasteiger partial charge on any atom is -0.264 e. The first kappa shape index (κ1) is 15.9. The van der Waals surface area contributed by atoms with Gasteiger partial charge in [-0.15, -0.1) is 0 Å². The highest BCUT2D eigenvalue weighted by atomic mass is 32.3. The molecule has 0 aromatic carbocycles. The topological polar surface area (TPSA) is 63.6 Å². The van der Waals surface area contributed by atoms with E-state index in [0.717, 1.165) is 12.8 Å². The summed E-state index contributed by atoms with van der Waals surface area (Å²) in [6, 6.07) is 0. The standard InChI is InChI=1S/C11H24O4S/c1-4-5-6-7-8-9-11(10(2)3)15-16(12,13)14/h10-11H,4-9H2,1-3H3,(H,12,13,14). The van der Waals surface area contributed by atoms with Crippen LogP contribution in [0.1, 0.15) is 59.3 Å². The Morgan fingerprint density at radius 1 is 1.12 bits per heavy atom. The van der Waals surface area contributed by atoms with Gasteiger partial charge in [0.15, 0.2) is 0 Å². The van der Waals surface area contributed by atoms with Gasteiger partial charge in [-0.1, -0.05) is 52.9 Å². The number of unbranched alkanes of at least 4 members (excludes halogenated alkanes) is 4. The molecule has 0 spiro atoms. The highest BCUT2D eigenvalue weighted by Crippen LogP contribution is 2.17. The molecule has 1 atom stereocenters. The van der Waals surface area contributed by atoms with Gasteiger partial charge in [-0.05, 0) is 12.3 Å². The van der Waals surface area contributed by atoms with Crippen LogP contribution in [0, 0.1) is 5.92 Å². The smallest absolute Gasteiger partial charge is 0.264 e. The van der Waals surface area contributed by atoms with Crippen LogP contribution in [0.15, 0.2) is 0 Å². The van der Waals surface area contributed by atoms with E-state index in [0.29, 0.717) is 6.42 Å². The third-order valence-electron chi connectivity index (χ3n) is 2.58. The summed E-state index contributed by atoms with van der Waals surface area (Å²) >= 11 is 0. The van der Waals surface area contributed by atoms with Crippen molar-refractivity contribution in [3.05, 3.63) is 0 Å². The first-order valence-corrected chi connectivity index (χ1v) is 7.39. The molecule has 0 amide bonds. The molecule has 0 radical (unpaired) electrons. The molecule has 4 nitrogen and oxygen atoms in total. The van der Waals surface area contributed by atoms with E-state index < -0.39 is 16.5 Å². The predicted octanol–water partition coefficient (Wildman–Crippen LogP) is 3.19. The van der Waals surface area contributed by atoms with Crippen molar-refractivity contribution >= 4 is 10.4 Å². The Balaban J connectivity index is 3.87. The Bertz CT molecular complexity index is 259. The molecule has 16 heavy (non-hydrogen) atoms. The summed E-state index contributed by atoms with van der Waals surface area (Å²) in [4.78, 5) is 0. The summed E-state index contributed by atoms with van der Waals surface area (Å²) in [6.45, 7) is 5.93. The van der Waals surface area contributed by atoms with Crippen LogP contribution in [0.3, 0.4) is 0 Å². The molecule has 0 saturated heterocycles. The molecule has 98 valence electrons. The fraction of sp³-hybridized carbons (Fsp3) is 1.00. The highest BCUT2D eigenvalue weighted by molar-refractivity contribution is 7.80. The van der Waals surface area contributed by atoms with Crippen LogP contribution in [-0.4, -0.2) is 19.1 Å². The van der Waals surface area contributed by atoms with Crippen LogP contribution in [0.5, 0.6) is 0 Å². The Morgan fingerprint density at radius 2 is 1.69 bits per heavy atom. The lowest BCUT2D eigenvalue weighted by atomic mass is 10.0. The second kappa shape index (κ2) is 8.03. The minimum absolute atomic E-state index is 0.0908. The van der Waals surface area contributed by atoms with Crippen molar-refractivity contribution in [3.8, 4) is 0 Å². The molecule has 0 aliphatic rings. The first-order chi connectivity index (χ1) is 7.37. The summed E-state index contributed by atoms with van der Waals surface area (Å²) in [6.07, 6.45) is 5.89. The molecule has 1 unspecified atom stereocenters. The van der Waals surface area contributed by atoms with Crippen LogP contribution < -0.4 is 0 Å². The van der Waals surface area contributed by atoms with Crippen molar-refractivity contribution in [2.24, 2.45) is 5.92 Å². The van der Waals surface area contributed by atoms with E-state index >= 15 is 0 Å². The van der Waals surface area contributed by atoms with E-state index in [1.54, 1.807) is 0 Å². The van der Waals surface area contributed by atoms with E-state index in [9.17, 15) is 8.42 Å². The average Bonchev–Trinajstić information content (AvgIpc) is 2.13. The van der Waals surface area contributed by atoms with Gasteiger partial charge in [0.25, 0.3) is 0 Å². The molecular formula is C11H24O4S. The largest absolute Gasteiger partial charge is 0.397 e. The monoisotopic (exact) mass is 252 g/mol. The van der Waals surface area contributed by atoms with Crippen molar-refractivity contribution in [1.29, 1.82) is 0 Å². The van der Waals surface area contributed by atoms with E-state index in [1.807, 2.05) is 13.8 Å². The second-order valence-corrected chi connectivity index (χ2v) is 5.56. The number of hydrogen-bond acceptors (Lipinski definition) is 3. The van der Waals surface area contributed by atoms with Gasteiger partial charge in [0, 0.05) is 0 Å². The third-order valence-corrected chi connectivity index (χ3v) is 3.07. The first-order valence-electron chi connectivity index (χ1n) is 6.02. The molecular weight excluding hydrogens is 228 g/mol. The average molecular weight is 252 g/mol. The van der Waals surface area contributed by atoms with Crippen LogP contribution in [0.4, 0.5) is 0 Å². The maximum absolute atomic E-state index is 10.6. The maximum atomic E-state index is 10.6. The zero-order chi connectivity index (χ0) is 12.6. The van der Waals surface area contributed by atoms with Crippen LogP contribution in [0.25, 0.3) is 0 Å². The molecule has 5 heteroatoms. The Morgan fingerprint density at radius 3 is 2.12 bits per heavy atom. The lowest BCUT2D eigenvalue weighted by Crippen LogP contribution is -2.23. The van der Waals surface area contributed by atoms with Crippen LogP contribution >= 0.6 is 0 Å². The number of rotatable bonds is 9. The zero-order valence-corrected chi connectivity index (χ0v) is 11.3. The fourth-order valence-electron chi connectivity index (χ4n) is 1.60. The van der Waals surface area contributed by atoms with Gasteiger partial charge in [-0.25, -0.2) is 4.18 Å². The molecule has 0 aliphatic carbocycles. The maximum Gasteiger partial charge on any atom is 0.397 e. The zero-order valence-electron chi connectivity index (χ0n) is 10.5. The van der Waals surface area contributed by atoms with Crippen molar-refractivity contribution in [2.45, 2.75) is 65.4 Å². The second-order valence-electron chi connectivity index (χ2n) is 4.51. The van der Waals surface area contributed by atoms with Crippen molar-refractivity contribution in [2.75, 3.05) is 0 Å².